The number of rotatable bonds is 10. The number of hydrogen-bond acceptors (Lipinski definition) is 5. The molecule has 2 rings (SSSR count). The van der Waals surface area contributed by atoms with Crippen molar-refractivity contribution in [2.24, 2.45) is 5.92 Å². The van der Waals surface area contributed by atoms with Crippen molar-refractivity contribution in [3.8, 4) is 5.75 Å². The number of nitrogens with zero attached hydrogens (tertiary/aromatic N) is 1. The van der Waals surface area contributed by atoms with E-state index in [-0.39, 0.29) is 29.9 Å². The molecule has 0 spiro atoms. The first-order chi connectivity index (χ1) is 11.8. The van der Waals surface area contributed by atoms with E-state index in [2.05, 4.69) is 13.8 Å². The Morgan fingerprint density at radius 3 is 2.40 bits per heavy atom. The molecule has 0 aromatic heterocycles. The first-order valence-electron chi connectivity index (χ1n) is 8.75. The topological polar surface area (TPSA) is 72.9 Å². The molecule has 0 amide bonds. The first kappa shape index (κ1) is 19.7. The maximum atomic E-state index is 12.9. The van der Waals surface area contributed by atoms with E-state index in [0.717, 1.165) is 12.8 Å². The molecule has 0 aliphatic heterocycles. The highest BCUT2D eigenvalue weighted by Crippen LogP contribution is 2.32. The molecular formula is C18H27NO5S. The fourth-order valence-electron chi connectivity index (χ4n) is 2.40. The number of hydrogen-bond donors (Lipinski definition) is 0. The van der Waals surface area contributed by atoms with Gasteiger partial charge < -0.3 is 9.47 Å². The number of carbonyl (C=O) groups is 1. The lowest BCUT2D eigenvalue weighted by atomic mass is 10.2. The smallest absolute Gasteiger partial charge is 0.307 e. The molecule has 0 radical (unpaired) electrons. The zero-order chi connectivity index (χ0) is 18.4. The predicted molar refractivity (Wildman–Crippen MR) is 94.9 cm³/mol. The minimum absolute atomic E-state index is 0.0173. The molecule has 1 aromatic rings. The Balaban J connectivity index is 2.07. The van der Waals surface area contributed by atoms with Crippen LogP contribution in [-0.2, 0) is 19.6 Å². The maximum absolute atomic E-state index is 12.9. The van der Waals surface area contributed by atoms with Gasteiger partial charge in [-0.15, -0.1) is 0 Å². The monoisotopic (exact) mass is 369 g/mol. The molecule has 0 atom stereocenters. The number of sulfonamides is 1. The number of carbonyl (C=O) groups excluding carboxylic acids is 1. The van der Waals surface area contributed by atoms with E-state index >= 15 is 0 Å². The normalized spacial score (nSPS) is 14.8. The largest absolute Gasteiger partial charge is 0.493 e. The van der Waals surface area contributed by atoms with Gasteiger partial charge in [-0.05, 0) is 49.9 Å². The van der Waals surface area contributed by atoms with E-state index in [9.17, 15) is 13.2 Å². The fraction of sp³-hybridized carbons (Fsp3) is 0.611. The van der Waals surface area contributed by atoms with E-state index in [1.165, 1.54) is 4.31 Å². The molecular weight excluding hydrogens is 342 g/mol. The molecule has 0 N–H and O–H groups in total. The minimum atomic E-state index is -3.63. The van der Waals surface area contributed by atoms with Crippen LogP contribution in [0.2, 0.25) is 0 Å². The van der Waals surface area contributed by atoms with Crippen LogP contribution in [0.3, 0.4) is 0 Å². The molecule has 1 fully saturated rings. The Morgan fingerprint density at radius 2 is 1.88 bits per heavy atom. The first-order valence-corrected chi connectivity index (χ1v) is 10.2. The van der Waals surface area contributed by atoms with Gasteiger partial charge >= 0.3 is 5.97 Å². The van der Waals surface area contributed by atoms with Crippen LogP contribution in [0.15, 0.2) is 29.2 Å². The maximum Gasteiger partial charge on any atom is 0.307 e. The average Bonchev–Trinajstić information content (AvgIpc) is 3.38. The summed E-state index contributed by atoms with van der Waals surface area (Å²) in [6, 6.07) is 6.45. The van der Waals surface area contributed by atoms with Crippen LogP contribution >= 0.6 is 0 Å². The van der Waals surface area contributed by atoms with Crippen LogP contribution in [-0.4, -0.2) is 44.5 Å². The summed E-state index contributed by atoms with van der Waals surface area (Å²) < 4.78 is 37.7. The van der Waals surface area contributed by atoms with Gasteiger partial charge in [0, 0.05) is 12.6 Å². The Morgan fingerprint density at radius 1 is 1.24 bits per heavy atom. The fourth-order valence-corrected chi connectivity index (χ4v) is 4.09. The summed E-state index contributed by atoms with van der Waals surface area (Å²) in [7, 11) is -3.63. The van der Waals surface area contributed by atoms with Crippen molar-refractivity contribution in [3.63, 3.8) is 0 Å². The second kappa shape index (κ2) is 8.67. The van der Waals surface area contributed by atoms with Crippen molar-refractivity contribution >= 4 is 16.0 Å². The Labute approximate surface area is 150 Å². The van der Waals surface area contributed by atoms with Crippen LogP contribution in [0, 0.1) is 5.92 Å². The highest BCUT2D eigenvalue weighted by molar-refractivity contribution is 7.89. The Hall–Kier alpha value is -1.60. The van der Waals surface area contributed by atoms with E-state index in [1.54, 1.807) is 31.2 Å². The summed E-state index contributed by atoms with van der Waals surface area (Å²) in [6.07, 6.45) is 1.73. The van der Waals surface area contributed by atoms with Crippen molar-refractivity contribution in [2.75, 3.05) is 19.8 Å². The van der Waals surface area contributed by atoms with Crippen LogP contribution in [0.25, 0.3) is 0 Å². The summed E-state index contributed by atoms with van der Waals surface area (Å²) >= 11 is 0. The molecule has 1 saturated carbocycles. The molecule has 140 valence electrons. The minimum Gasteiger partial charge on any atom is -0.493 e. The van der Waals surface area contributed by atoms with Crippen molar-refractivity contribution in [2.45, 2.75) is 51.0 Å². The van der Waals surface area contributed by atoms with Crippen molar-refractivity contribution in [1.82, 2.24) is 4.31 Å². The van der Waals surface area contributed by atoms with Crippen molar-refractivity contribution in [1.29, 1.82) is 0 Å². The van der Waals surface area contributed by atoms with Gasteiger partial charge in [-0.2, -0.15) is 4.31 Å². The standard InChI is InChI=1S/C18H27NO5S/c1-4-23-18(20)11-12-19(15-5-6-15)25(21,22)17-9-7-16(8-10-17)24-13-14(2)3/h7-10,14-15H,4-6,11-13H2,1-3H3. The SMILES string of the molecule is CCOC(=O)CCN(C1CC1)S(=O)(=O)c1ccc(OCC(C)C)cc1. The molecule has 0 bridgehead atoms. The van der Waals surface area contributed by atoms with Crippen molar-refractivity contribution < 1.29 is 22.7 Å². The van der Waals surface area contributed by atoms with Crippen LogP contribution in [0.4, 0.5) is 0 Å². The van der Waals surface area contributed by atoms with E-state index in [4.69, 9.17) is 9.47 Å². The molecule has 0 unspecified atom stereocenters. The van der Waals surface area contributed by atoms with Crippen LogP contribution < -0.4 is 4.74 Å². The van der Waals surface area contributed by atoms with Gasteiger partial charge in [-0.1, -0.05) is 13.8 Å². The molecule has 1 aromatic carbocycles. The summed E-state index contributed by atoms with van der Waals surface area (Å²) in [5, 5.41) is 0. The lowest BCUT2D eigenvalue weighted by Crippen LogP contribution is -2.35. The summed E-state index contributed by atoms with van der Waals surface area (Å²) in [4.78, 5) is 11.8. The molecule has 0 saturated heterocycles. The highest BCUT2D eigenvalue weighted by atomic mass is 32.2. The van der Waals surface area contributed by atoms with Gasteiger partial charge in [0.1, 0.15) is 5.75 Å². The average molecular weight is 369 g/mol. The lowest BCUT2D eigenvalue weighted by Gasteiger charge is -2.21. The third-order valence-corrected chi connectivity index (χ3v) is 5.78. The van der Waals surface area contributed by atoms with Gasteiger partial charge in [0.15, 0.2) is 0 Å². The van der Waals surface area contributed by atoms with Gasteiger partial charge in [-0.25, -0.2) is 8.42 Å². The van der Waals surface area contributed by atoms with Gasteiger partial charge in [0.05, 0.1) is 24.5 Å². The van der Waals surface area contributed by atoms with Gasteiger partial charge in [-0.3, -0.25) is 4.79 Å². The van der Waals surface area contributed by atoms with Gasteiger partial charge in [0.25, 0.3) is 0 Å². The number of ether oxygens (including phenoxy) is 2. The third kappa shape index (κ3) is 5.71. The predicted octanol–water partition coefficient (Wildman–Crippen LogP) is 2.83. The zero-order valence-corrected chi connectivity index (χ0v) is 15.9. The van der Waals surface area contributed by atoms with Crippen LogP contribution in [0.5, 0.6) is 5.75 Å². The Kier molecular flexibility index (Phi) is 6.84. The van der Waals surface area contributed by atoms with Gasteiger partial charge in [0.2, 0.25) is 10.0 Å². The van der Waals surface area contributed by atoms with E-state index < -0.39 is 10.0 Å². The zero-order valence-electron chi connectivity index (χ0n) is 15.1. The second-order valence-corrected chi connectivity index (χ2v) is 8.47. The molecule has 1 aliphatic rings. The molecule has 7 heteroatoms. The lowest BCUT2D eigenvalue weighted by molar-refractivity contribution is -0.143. The number of esters is 1. The van der Waals surface area contributed by atoms with E-state index in [1.807, 2.05) is 0 Å². The molecule has 6 nitrogen and oxygen atoms in total. The third-order valence-electron chi connectivity index (χ3n) is 3.81. The van der Waals surface area contributed by atoms with Crippen LogP contribution in [0.1, 0.15) is 40.0 Å². The molecule has 1 aliphatic carbocycles. The summed E-state index contributed by atoms with van der Waals surface area (Å²) in [6.45, 7) is 6.87. The molecule has 0 heterocycles. The van der Waals surface area contributed by atoms with E-state index in [0.29, 0.717) is 24.9 Å². The second-order valence-electron chi connectivity index (χ2n) is 6.58. The summed E-state index contributed by atoms with van der Waals surface area (Å²) in [5.41, 5.74) is 0. The quantitative estimate of drug-likeness (QED) is 0.593. The van der Waals surface area contributed by atoms with Crippen molar-refractivity contribution in [3.05, 3.63) is 24.3 Å². The Bertz CT molecular complexity index is 665. The number of benzene rings is 1. The highest BCUT2D eigenvalue weighted by Gasteiger charge is 2.38. The molecule has 25 heavy (non-hydrogen) atoms. The summed E-state index contributed by atoms with van der Waals surface area (Å²) in [5.74, 6) is 0.676.